The Morgan fingerprint density at radius 2 is 1.95 bits per heavy atom. The molecule has 2 aromatic heterocycles. The Bertz CT molecular complexity index is 627. The summed E-state index contributed by atoms with van der Waals surface area (Å²) in [5.74, 6) is 0.952. The fourth-order valence-corrected chi connectivity index (χ4v) is 3.12. The lowest BCUT2D eigenvalue weighted by Crippen LogP contribution is -2.21. The van der Waals surface area contributed by atoms with Crippen LogP contribution in [0.1, 0.15) is 36.7 Å². The molecule has 3 rings (SSSR count). The summed E-state index contributed by atoms with van der Waals surface area (Å²) in [4.78, 5) is 4.67. The Morgan fingerprint density at radius 1 is 1.11 bits per heavy atom. The van der Waals surface area contributed by atoms with Gasteiger partial charge in [-0.05, 0) is 38.1 Å². The maximum absolute atomic E-state index is 5.41. The lowest BCUT2D eigenvalue weighted by molar-refractivity contribution is 0.402. The van der Waals surface area contributed by atoms with Crippen LogP contribution in [-0.2, 0) is 0 Å². The largest absolute Gasteiger partial charge is 0.468 e. The molecule has 4 heteroatoms. The van der Waals surface area contributed by atoms with E-state index in [9.17, 15) is 0 Å². The first-order valence-electron chi connectivity index (χ1n) is 6.39. The average Bonchev–Trinajstić information content (AvgIpc) is 3.07. The fourth-order valence-electron chi connectivity index (χ4n) is 2.14. The second kappa shape index (κ2) is 5.15. The number of aromatic nitrogens is 1. The van der Waals surface area contributed by atoms with Crippen LogP contribution in [0.4, 0.5) is 0 Å². The summed E-state index contributed by atoms with van der Waals surface area (Å²) < 4.78 is 6.64. The molecule has 2 atom stereocenters. The van der Waals surface area contributed by atoms with Gasteiger partial charge in [0, 0.05) is 0 Å². The second-order valence-corrected chi connectivity index (χ2v) is 5.71. The summed E-state index contributed by atoms with van der Waals surface area (Å²) in [5.41, 5.74) is 1.07. The van der Waals surface area contributed by atoms with Crippen molar-refractivity contribution in [1.82, 2.24) is 10.3 Å². The number of para-hydroxylation sites is 1. The lowest BCUT2D eigenvalue weighted by Gasteiger charge is -2.16. The summed E-state index contributed by atoms with van der Waals surface area (Å²) in [5, 5.41) is 4.62. The van der Waals surface area contributed by atoms with Gasteiger partial charge in [0.25, 0.3) is 0 Å². The van der Waals surface area contributed by atoms with Crippen molar-refractivity contribution in [2.24, 2.45) is 0 Å². The van der Waals surface area contributed by atoms with Gasteiger partial charge in [0.15, 0.2) is 0 Å². The number of hydrogen-bond acceptors (Lipinski definition) is 4. The van der Waals surface area contributed by atoms with Crippen molar-refractivity contribution < 1.29 is 4.42 Å². The zero-order valence-electron chi connectivity index (χ0n) is 11.0. The summed E-state index contributed by atoms with van der Waals surface area (Å²) >= 11 is 1.74. The Balaban J connectivity index is 1.78. The molecule has 0 aliphatic heterocycles. The molecule has 2 heterocycles. The minimum atomic E-state index is 0.178. The summed E-state index contributed by atoms with van der Waals surface area (Å²) in [6.45, 7) is 4.24. The predicted octanol–water partition coefficient (Wildman–Crippen LogP) is 4.30. The highest BCUT2D eigenvalue weighted by Gasteiger charge is 2.16. The molecule has 2 unspecified atom stereocenters. The number of rotatable bonds is 4. The molecule has 1 aromatic carbocycles. The maximum Gasteiger partial charge on any atom is 0.120 e. The van der Waals surface area contributed by atoms with E-state index in [4.69, 9.17) is 4.42 Å². The van der Waals surface area contributed by atoms with Gasteiger partial charge < -0.3 is 4.42 Å². The minimum absolute atomic E-state index is 0.178. The average molecular weight is 272 g/mol. The van der Waals surface area contributed by atoms with Crippen LogP contribution in [0.3, 0.4) is 0 Å². The summed E-state index contributed by atoms with van der Waals surface area (Å²) in [6, 6.07) is 12.5. The standard InChI is InChI=1S/C15H16N2OS/c1-10(13-7-5-9-18-13)16-11(2)15-17-12-6-3-4-8-14(12)19-15/h3-11,16H,1-2H3. The van der Waals surface area contributed by atoms with Crippen molar-refractivity contribution in [1.29, 1.82) is 0 Å². The van der Waals surface area contributed by atoms with Crippen molar-refractivity contribution in [3.8, 4) is 0 Å². The van der Waals surface area contributed by atoms with Crippen LogP contribution in [0.5, 0.6) is 0 Å². The van der Waals surface area contributed by atoms with Crippen molar-refractivity contribution >= 4 is 21.6 Å². The Kier molecular flexibility index (Phi) is 3.36. The Labute approximate surface area is 116 Å². The molecular weight excluding hydrogens is 256 g/mol. The monoisotopic (exact) mass is 272 g/mol. The fraction of sp³-hybridized carbons (Fsp3) is 0.267. The zero-order chi connectivity index (χ0) is 13.2. The number of furan rings is 1. The van der Waals surface area contributed by atoms with Gasteiger partial charge in [-0.25, -0.2) is 4.98 Å². The van der Waals surface area contributed by atoms with Crippen LogP contribution < -0.4 is 5.32 Å². The van der Waals surface area contributed by atoms with E-state index in [2.05, 4.69) is 36.3 Å². The highest BCUT2D eigenvalue weighted by Crippen LogP contribution is 2.27. The first-order chi connectivity index (χ1) is 9.24. The van der Waals surface area contributed by atoms with Gasteiger partial charge in [0.05, 0.1) is 28.6 Å². The number of nitrogens with zero attached hydrogens (tertiary/aromatic N) is 1. The molecule has 1 N–H and O–H groups in total. The number of nitrogens with one attached hydrogen (secondary N) is 1. The third-order valence-corrected chi connectivity index (χ3v) is 4.37. The summed E-state index contributed by atoms with van der Waals surface area (Å²) in [7, 11) is 0. The van der Waals surface area contributed by atoms with E-state index in [0.29, 0.717) is 0 Å². The van der Waals surface area contributed by atoms with Gasteiger partial charge in [-0.3, -0.25) is 5.32 Å². The van der Waals surface area contributed by atoms with E-state index in [-0.39, 0.29) is 12.1 Å². The lowest BCUT2D eigenvalue weighted by atomic mass is 10.2. The molecule has 0 spiro atoms. The molecule has 19 heavy (non-hydrogen) atoms. The van der Waals surface area contributed by atoms with Crippen LogP contribution in [0.15, 0.2) is 47.1 Å². The molecule has 0 aliphatic rings. The topological polar surface area (TPSA) is 38.1 Å². The molecule has 3 nitrogen and oxygen atoms in total. The highest BCUT2D eigenvalue weighted by atomic mass is 32.1. The summed E-state index contributed by atoms with van der Waals surface area (Å²) in [6.07, 6.45) is 1.70. The van der Waals surface area contributed by atoms with Gasteiger partial charge >= 0.3 is 0 Å². The predicted molar refractivity (Wildman–Crippen MR) is 78.3 cm³/mol. The van der Waals surface area contributed by atoms with E-state index in [1.54, 1.807) is 17.6 Å². The zero-order valence-corrected chi connectivity index (χ0v) is 11.8. The van der Waals surface area contributed by atoms with E-state index in [1.807, 2.05) is 24.3 Å². The van der Waals surface area contributed by atoms with Crippen LogP contribution >= 0.6 is 11.3 Å². The van der Waals surface area contributed by atoms with Gasteiger partial charge in [-0.1, -0.05) is 12.1 Å². The first kappa shape index (κ1) is 12.4. The molecule has 0 amide bonds. The normalized spacial score (nSPS) is 14.6. The second-order valence-electron chi connectivity index (χ2n) is 4.65. The quantitative estimate of drug-likeness (QED) is 0.769. The van der Waals surface area contributed by atoms with E-state index in [0.717, 1.165) is 16.3 Å². The third kappa shape index (κ3) is 2.55. The molecule has 0 radical (unpaired) electrons. The van der Waals surface area contributed by atoms with Gasteiger partial charge in [0.1, 0.15) is 10.8 Å². The van der Waals surface area contributed by atoms with Gasteiger partial charge in [0.2, 0.25) is 0 Å². The number of benzene rings is 1. The van der Waals surface area contributed by atoms with Crippen LogP contribution in [0, 0.1) is 0 Å². The molecular formula is C15H16N2OS. The third-order valence-electron chi connectivity index (χ3n) is 3.15. The molecule has 3 aromatic rings. The smallest absolute Gasteiger partial charge is 0.120 e. The van der Waals surface area contributed by atoms with E-state index in [1.165, 1.54) is 4.70 Å². The van der Waals surface area contributed by atoms with E-state index < -0.39 is 0 Å². The number of fused-ring (bicyclic) bond motifs is 1. The van der Waals surface area contributed by atoms with Crippen molar-refractivity contribution in [3.05, 3.63) is 53.4 Å². The molecule has 0 saturated heterocycles. The molecule has 0 saturated carbocycles. The maximum atomic E-state index is 5.41. The Morgan fingerprint density at radius 3 is 2.68 bits per heavy atom. The highest BCUT2D eigenvalue weighted by molar-refractivity contribution is 7.18. The minimum Gasteiger partial charge on any atom is -0.468 e. The van der Waals surface area contributed by atoms with Gasteiger partial charge in [-0.2, -0.15) is 0 Å². The van der Waals surface area contributed by atoms with Crippen molar-refractivity contribution in [2.75, 3.05) is 0 Å². The van der Waals surface area contributed by atoms with Crippen LogP contribution in [-0.4, -0.2) is 4.98 Å². The van der Waals surface area contributed by atoms with E-state index >= 15 is 0 Å². The molecule has 0 aliphatic carbocycles. The van der Waals surface area contributed by atoms with Crippen LogP contribution in [0.2, 0.25) is 0 Å². The van der Waals surface area contributed by atoms with Crippen molar-refractivity contribution in [3.63, 3.8) is 0 Å². The molecule has 98 valence electrons. The Hall–Kier alpha value is -1.65. The van der Waals surface area contributed by atoms with Crippen LogP contribution in [0.25, 0.3) is 10.2 Å². The first-order valence-corrected chi connectivity index (χ1v) is 7.20. The number of hydrogen-bond donors (Lipinski definition) is 1. The number of thiazole rings is 1. The SMILES string of the molecule is CC(NC(C)c1nc2ccccc2s1)c1ccco1. The van der Waals surface area contributed by atoms with Crippen molar-refractivity contribution in [2.45, 2.75) is 25.9 Å². The molecule has 0 bridgehead atoms. The molecule has 0 fully saturated rings. The van der Waals surface area contributed by atoms with Gasteiger partial charge in [-0.15, -0.1) is 11.3 Å².